The molecule has 1 heterocycles. The largest absolute Gasteiger partial charge is 0.351 e. The van der Waals surface area contributed by atoms with E-state index in [9.17, 15) is 4.79 Å². The summed E-state index contributed by atoms with van der Waals surface area (Å²) < 4.78 is 0. The van der Waals surface area contributed by atoms with Gasteiger partial charge in [-0.2, -0.15) is 0 Å². The molecule has 0 unspecified atom stereocenters. The van der Waals surface area contributed by atoms with Gasteiger partial charge in [-0.3, -0.25) is 4.79 Å². The Hall–Kier alpha value is -0.250. The van der Waals surface area contributed by atoms with E-state index >= 15 is 0 Å². The van der Waals surface area contributed by atoms with E-state index in [4.69, 9.17) is 11.6 Å². The van der Waals surface area contributed by atoms with Gasteiger partial charge in [-0.15, -0.1) is 12.4 Å². The predicted octanol–water partition coefficient (Wildman–Crippen LogP) is 1.66. The zero-order chi connectivity index (χ0) is 10.6. The molecule has 0 aliphatic carbocycles. The second kappa shape index (κ2) is 7.09. The molecule has 2 N–H and O–H groups in total. The van der Waals surface area contributed by atoms with Gasteiger partial charge < -0.3 is 10.6 Å². The van der Waals surface area contributed by atoms with Crippen molar-refractivity contribution in [1.82, 2.24) is 10.6 Å². The Morgan fingerprint density at radius 3 is 2.87 bits per heavy atom. The summed E-state index contributed by atoms with van der Waals surface area (Å²) in [6.07, 6.45) is 1.81. The van der Waals surface area contributed by atoms with Gasteiger partial charge in [-0.25, -0.2) is 0 Å². The minimum absolute atomic E-state index is 0. The Morgan fingerprint density at radius 2 is 2.33 bits per heavy atom. The number of rotatable bonds is 3. The van der Waals surface area contributed by atoms with Crippen molar-refractivity contribution in [3.8, 4) is 0 Å². The predicted molar refractivity (Wildman–Crippen MR) is 65.4 cm³/mol. The first-order valence-electron chi connectivity index (χ1n) is 4.94. The summed E-state index contributed by atoms with van der Waals surface area (Å²) in [5.41, 5.74) is 0. The molecule has 2 atom stereocenters. The van der Waals surface area contributed by atoms with Crippen LogP contribution < -0.4 is 10.6 Å². The molecule has 1 aliphatic rings. The van der Waals surface area contributed by atoms with Crippen molar-refractivity contribution in [2.45, 2.75) is 25.8 Å². The fourth-order valence-electron chi connectivity index (χ4n) is 1.70. The van der Waals surface area contributed by atoms with E-state index in [-0.39, 0.29) is 24.2 Å². The van der Waals surface area contributed by atoms with Crippen LogP contribution in [0.3, 0.4) is 0 Å². The van der Waals surface area contributed by atoms with E-state index in [2.05, 4.69) is 24.1 Å². The molecule has 1 saturated heterocycles. The fourth-order valence-corrected chi connectivity index (χ4v) is 1.76. The molecule has 0 bridgehead atoms. The van der Waals surface area contributed by atoms with Crippen LogP contribution in [0.5, 0.6) is 0 Å². The maximum Gasteiger partial charge on any atom is 0.223 e. The zero-order valence-corrected chi connectivity index (χ0v) is 10.5. The molecule has 0 aromatic rings. The topological polar surface area (TPSA) is 41.1 Å². The quantitative estimate of drug-likeness (QED) is 0.803. The molecule has 0 aromatic heterocycles. The Labute approximate surface area is 102 Å². The summed E-state index contributed by atoms with van der Waals surface area (Å²) in [6, 6.07) is 0.429. The van der Waals surface area contributed by atoms with Crippen LogP contribution in [0.1, 0.15) is 19.8 Å². The fraction of sp³-hybridized carbons (Fsp3) is 0.700. The molecule has 1 amide bonds. The van der Waals surface area contributed by atoms with E-state index < -0.39 is 0 Å². The average Bonchev–Trinajstić information content (AvgIpc) is 2.14. The number of piperidine rings is 1. The minimum atomic E-state index is 0. The third kappa shape index (κ3) is 5.40. The highest BCUT2D eigenvalue weighted by molar-refractivity contribution is 6.29. The normalized spacial score (nSPS) is 25.2. The van der Waals surface area contributed by atoms with Crippen molar-refractivity contribution in [3.63, 3.8) is 0 Å². The van der Waals surface area contributed by atoms with Crippen molar-refractivity contribution in [2.24, 2.45) is 5.92 Å². The monoisotopic (exact) mass is 252 g/mol. The summed E-state index contributed by atoms with van der Waals surface area (Å²) in [5.74, 6) is 0.224. The summed E-state index contributed by atoms with van der Waals surface area (Å²) in [7, 11) is 0. The maximum absolute atomic E-state index is 11.6. The third-order valence-corrected chi connectivity index (χ3v) is 2.58. The van der Waals surface area contributed by atoms with Crippen LogP contribution in [0.2, 0.25) is 0 Å². The molecule has 0 aromatic carbocycles. The second-order valence-electron chi connectivity index (χ2n) is 3.81. The van der Waals surface area contributed by atoms with Crippen LogP contribution in [-0.4, -0.2) is 25.0 Å². The number of nitrogens with one attached hydrogen (secondary N) is 2. The van der Waals surface area contributed by atoms with E-state index in [1.165, 1.54) is 0 Å². The van der Waals surface area contributed by atoms with Gasteiger partial charge in [0.1, 0.15) is 0 Å². The highest BCUT2D eigenvalue weighted by Gasteiger charge is 2.24. The molecule has 5 heteroatoms. The van der Waals surface area contributed by atoms with Crippen LogP contribution in [0.25, 0.3) is 0 Å². The summed E-state index contributed by atoms with van der Waals surface area (Å²) >= 11 is 5.57. The van der Waals surface area contributed by atoms with Crippen LogP contribution in [0, 0.1) is 5.92 Å². The SMILES string of the molecule is C=C(Cl)CNC(=O)[C@H]1CCN[C@@H](C)C1.Cl. The van der Waals surface area contributed by atoms with Crippen molar-refractivity contribution >= 4 is 29.9 Å². The number of hydrogen-bond donors (Lipinski definition) is 2. The molecule has 3 nitrogen and oxygen atoms in total. The maximum atomic E-state index is 11.6. The lowest BCUT2D eigenvalue weighted by Gasteiger charge is -2.27. The summed E-state index contributed by atoms with van der Waals surface area (Å²) in [6.45, 7) is 6.91. The number of amides is 1. The van der Waals surface area contributed by atoms with Gasteiger partial charge in [0.2, 0.25) is 5.91 Å². The van der Waals surface area contributed by atoms with Gasteiger partial charge in [0.05, 0.1) is 6.54 Å². The van der Waals surface area contributed by atoms with Crippen LogP contribution in [-0.2, 0) is 4.79 Å². The van der Waals surface area contributed by atoms with Crippen molar-refractivity contribution in [1.29, 1.82) is 0 Å². The molecule has 0 radical (unpaired) electrons. The molecule has 0 spiro atoms. The van der Waals surface area contributed by atoms with Gasteiger partial charge >= 0.3 is 0 Å². The van der Waals surface area contributed by atoms with Crippen LogP contribution in [0.15, 0.2) is 11.6 Å². The standard InChI is InChI=1S/C10H17ClN2O.ClH/c1-7(11)6-13-10(14)9-3-4-12-8(2)5-9;/h8-9,12H,1,3-6H2,2H3,(H,13,14);1H/t8-,9-;/m0./s1. The lowest BCUT2D eigenvalue weighted by atomic mass is 9.92. The van der Waals surface area contributed by atoms with Gasteiger partial charge in [0.25, 0.3) is 0 Å². The molecule has 15 heavy (non-hydrogen) atoms. The first-order valence-corrected chi connectivity index (χ1v) is 5.31. The zero-order valence-electron chi connectivity index (χ0n) is 8.88. The highest BCUT2D eigenvalue weighted by Crippen LogP contribution is 2.15. The second-order valence-corrected chi connectivity index (χ2v) is 4.35. The molecule has 88 valence electrons. The molecule has 1 aliphatic heterocycles. The summed E-state index contributed by atoms with van der Waals surface area (Å²) in [4.78, 5) is 11.6. The highest BCUT2D eigenvalue weighted by atomic mass is 35.5. The van der Waals surface area contributed by atoms with E-state index in [0.29, 0.717) is 17.6 Å². The molecule has 1 fully saturated rings. The lowest BCUT2D eigenvalue weighted by molar-refractivity contribution is -0.125. The van der Waals surface area contributed by atoms with Gasteiger partial charge in [0, 0.05) is 17.0 Å². The number of hydrogen-bond acceptors (Lipinski definition) is 2. The van der Waals surface area contributed by atoms with Gasteiger partial charge in [-0.1, -0.05) is 18.2 Å². The molecular weight excluding hydrogens is 235 g/mol. The van der Waals surface area contributed by atoms with Crippen molar-refractivity contribution in [2.75, 3.05) is 13.1 Å². The first-order chi connectivity index (χ1) is 6.59. The average molecular weight is 253 g/mol. The Bertz CT molecular complexity index is 233. The Morgan fingerprint density at radius 1 is 1.67 bits per heavy atom. The minimum Gasteiger partial charge on any atom is -0.351 e. The number of carbonyl (C=O) groups excluding carboxylic acids is 1. The summed E-state index contributed by atoms with van der Waals surface area (Å²) in [5, 5.41) is 6.55. The van der Waals surface area contributed by atoms with E-state index in [0.717, 1.165) is 19.4 Å². The molecule has 0 saturated carbocycles. The van der Waals surface area contributed by atoms with E-state index in [1.54, 1.807) is 0 Å². The van der Waals surface area contributed by atoms with Crippen molar-refractivity contribution < 1.29 is 4.79 Å². The smallest absolute Gasteiger partial charge is 0.223 e. The van der Waals surface area contributed by atoms with Crippen LogP contribution >= 0.6 is 24.0 Å². The number of halogens is 2. The molecule has 1 rings (SSSR count). The van der Waals surface area contributed by atoms with Gasteiger partial charge in [-0.05, 0) is 26.3 Å². The number of carbonyl (C=O) groups is 1. The molecular formula is C10H18Cl2N2O. The van der Waals surface area contributed by atoms with Crippen LogP contribution in [0.4, 0.5) is 0 Å². The lowest BCUT2D eigenvalue weighted by Crippen LogP contribution is -2.42. The Balaban J connectivity index is 0.00000196. The van der Waals surface area contributed by atoms with Gasteiger partial charge in [0.15, 0.2) is 0 Å². The first kappa shape index (κ1) is 14.8. The third-order valence-electron chi connectivity index (χ3n) is 2.45. The van der Waals surface area contributed by atoms with Crippen molar-refractivity contribution in [3.05, 3.63) is 11.6 Å². The Kier molecular flexibility index (Phi) is 6.98. The van der Waals surface area contributed by atoms with E-state index in [1.807, 2.05) is 0 Å².